The molecule has 0 spiro atoms. The summed E-state index contributed by atoms with van der Waals surface area (Å²) in [5, 5.41) is 0. The zero-order valence-electron chi connectivity index (χ0n) is 11.3. The summed E-state index contributed by atoms with van der Waals surface area (Å²) < 4.78 is 5.38. The van der Waals surface area contributed by atoms with Crippen molar-refractivity contribution in [3.05, 3.63) is 29.8 Å². The maximum atomic E-state index is 11.8. The van der Waals surface area contributed by atoms with Gasteiger partial charge >= 0.3 is 5.97 Å². The van der Waals surface area contributed by atoms with Crippen LogP contribution >= 0.6 is 0 Å². The quantitative estimate of drug-likeness (QED) is 0.454. The van der Waals surface area contributed by atoms with Crippen molar-refractivity contribution in [1.82, 2.24) is 0 Å². The van der Waals surface area contributed by atoms with E-state index in [0.29, 0.717) is 11.3 Å². The van der Waals surface area contributed by atoms with E-state index in [2.05, 4.69) is 6.92 Å². The molecule has 0 aromatic heterocycles. The Morgan fingerprint density at radius 2 is 1.89 bits per heavy atom. The largest absolute Gasteiger partial charge is 0.459 e. The Morgan fingerprint density at radius 1 is 1.22 bits per heavy atom. The molecule has 3 nitrogen and oxygen atoms in total. The maximum absolute atomic E-state index is 11.8. The van der Waals surface area contributed by atoms with Crippen molar-refractivity contribution in [2.24, 2.45) is 0 Å². The molecule has 0 aliphatic heterocycles. The number of nitrogen functional groups attached to an aromatic ring is 1. The first kappa shape index (κ1) is 14.6. The molecular formula is C15H23NO2. The van der Waals surface area contributed by atoms with Crippen LogP contribution in [0.5, 0.6) is 0 Å². The Bertz CT molecular complexity index is 359. The van der Waals surface area contributed by atoms with Gasteiger partial charge in [0.2, 0.25) is 0 Å². The number of hydrogen-bond donors (Lipinski definition) is 1. The summed E-state index contributed by atoms with van der Waals surface area (Å²) in [5.41, 5.74) is 6.78. The normalized spacial score (nSPS) is 12.1. The van der Waals surface area contributed by atoms with Gasteiger partial charge in [-0.2, -0.15) is 0 Å². The van der Waals surface area contributed by atoms with Gasteiger partial charge in [0, 0.05) is 5.69 Å². The number of ether oxygens (including phenoxy) is 1. The summed E-state index contributed by atoms with van der Waals surface area (Å²) in [6, 6.07) is 6.81. The Morgan fingerprint density at radius 3 is 2.50 bits per heavy atom. The van der Waals surface area contributed by atoms with E-state index in [9.17, 15) is 4.79 Å². The Balaban J connectivity index is 2.33. The van der Waals surface area contributed by atoms with Gasteiger partial charge in [0.25, 0.3) is 0 Å². The van der Waals surface area contributed by atoms with Crippen molar-refractivity contribution in [3.63, 3.8) is 0 Å². The van der Waals surface area contributed by atoms with E-state index in [1.54, 1.807) is 24.3 Å². The number of anilines is 1. The fraction of sp³-hybridized carbons (Fsp3) is 0.533. The predicted octanol–water partition coefficient (Wildman–Crippen LogP) is 3.78. The second-order valence-corrected chi connectivity index (χ2v) is 4.69. The summed E-state index contributed by atoms with van der Waals surface area (Å²) in [6.45, 7) is 4.13. The van der Waals surface area contributed by atoms with Crippen LogP contribution < -0.4 is 5.73 Å². The lowest BCUT2D eigenvalue weighted by Gasteiger charge is -2.13. The molecule has 0 saturated carbocycles. The summed E-state index contributed by atoms with van der Waals surface area (Å²) in [4.78, 5) is 11.8. The smallest absolute Gasteiger partial charge is 0.338 e. The summed E-state index contributed by atoms with van der Waals surface area (Å²) >= 11 is 0. The van der Waals surface area contributed by atoms with Crippen LogP contribution in [-0.4, -0.2) is 12.1 Å². The third-order valence-electron chi connectivity index (χ3n) is 2.92. The van der Waals surface area contributed by atoms with E-state index in [0.717, 1.165) is 12.8 Å². The Hall–Kier alpha value is -1.51. The van der Waals surface area contributed by atoms with Gasteiger partial charge in [-0.25, -0.2) is 4.79 Å². The molecule has 3 heteroatoms. The van der Waals surface area contributed by atoms with Gasteiger partial charge < -0.3 is 10.5 Å². The SMILES string of the molecule is CCCCCC[C@H](C)OC(=O)c1ccc(N)cc1. The van der Waals surface area contributed by atoms with Gasteiger partial charge in [-0.05, 0) is 44.0 Å². The molecule has 1 aromatic carbocycles. The topological polar surface area (TPSA) is 52.3 Å². The molecule has 0 aliphatic rings. The molecule has 1 atom stereocenters. The molecule has 1 rings (SSSR count). The van der Waals surface area contributed by atoms with Crippen molar-refractivity contribution in [1.29, 1.82) is 0 Å². The second-order valence-electron chi connectivity index (χ2n) is 4.69. The first-order chi connectivity index (χ1) is 8.63. The fourth-order valence-corrected chi connectivity index (χ4v) is 1.79. The van der Waals surface area contributed by atoms with Crippen molar-refractivity contribution in [2.45, 2.75) is 52.1 Å². The minimum absolute atomic E-state index is 0.0214. The molecule has 0 radical (unpaired) electrons. The number of hydrogen-bond acceptors (Lipinski definition) is 3. The van der Waals surface area contributed by atoms with Gasteiger partial charge in [-0.1, -0.05) is 26.2 Å². The Labute approximate surface area is 109 Å². The molecular weight excluding hydrogens is 226 g/mol. The van der Waals surface area contributed by atoms with Crippen LogP contribution in [0.25, 0.3) is 0 Å². The molecule has 0 saturated heterocycles. The minimum atomic E-state index is -0.266. The highest BCUT2D eigenvalue weighted by Crippen LogP contribution is 2.12. The highest BCUT2D eigenvalue weighted by Gasteiger charge is 2.11. The van der Waals surface area contributed by atoms with Crippen molar-refractivity contribution < 1.29 is 9.53 Å². The van der Waals surface area contributed by atoms with Crippen LogP contribution in [-0.2, 0) is 4.74 Å². The average Bonchev–Trinajstić information content (AvgIpc) is 2.35. The summed E-state index contributed by atoms with van der Waals surface area (Å²) in [7, 11) is 0. The van der Waals surface area contributed by atoms with Crippen LogP contribution in [0.15, 0.2) is 24.3 Å². The number of carbonyl (C=O) groups is 1. The lowest BCUT2D eigenvalue weighted by Crippen LogP contribution is -2.15. The van der Waals surface area contributed by atoms with Crippen LogP contribution in [0.2, 0.25) is 0 Å². The van der Waals surface area contributed by atoms with Crippen LogP contribution in [0.1, 0.15) is 56.3 Å². The van der Waals surface area contributed by atoms with E-state index < -0.39 is 0 Å². The number of rotatable bonds is 7. The second kappa shape index (κ2) is 7.75. The van der Waals surface area contributed by atoms with E-state index in [4.69, 9.17) is 10.5 Å². The van der Waals surface area contributed by atoms with Crippen LogP contribution in [0.4, 0.5) is 5.69 Å². The van der Waals surface area contributed by atoms with Crippen LogP contribution in [0, 0.1) is 0 Å². The Kier molecular flexibility index (Phi) is 6.26. The third-order valence-corrected chi connectivity index (χ3v) is 2.92. The first-order valence-electron chi connectivity index (χ1n) is 6.70. The molecule has 1 aromatic rings. The number of esters is 1. The van der Waals surface area contributed by atoms with Crippen molar-refractivity contribution in [2.75, 3.05) is 5.73 Å². The lowest BCUT2D eigenvalue weighted by atomic mass is 10.1. The van der Waals surface area contributed by atoms with Gasteiger partial charge in [0.05, 0.1) is 11.7 Å². The summed E-state index contributed by atoms with van der Waals surface area (Å²) in [5.74, 6) is -0.266. The number of nitrogens with two attached hydrogens (primary N) is 1. The highest BCUT2D eigenvalue weighted by molar-refractivity contribution is 5.89. The fourth-order valence-electron chi connectivity index (χ4n) is 1.79. The monoisotopic (exact) mass is 249 g/mol. The van der Waals surface area contributed by atoms with Crippen molar-refractivity contribution in [3.8, 4) is 0 Å². The maximum Gasteiger partial charge on any atom is 0.338 e. The summed E-state index contributed by atoms with van der Waals surface area (Å²) in [6.07, 6.45) is 5.70. The molecule has 18 heavy (non-hydrogen) atoms. The molecule has 0 fully saturated rings. The van der Waals surface area contributed by atoms with E-state index in [-0.39, 0.29) is 12.1 Å². The number of unbranched alkanes of at least 4 members (excludes halogenated alkanes) is 3. The molecule has 0 bridgehead atoms. The van der Waals surface area contributed by atoms with Gasteiger partial charge in [0.15, 0.2) is 0 Å². The van der Waals surface area contributed by atoms with Gasteiger partial charge in [0.1, 0.15) is 0 Å². The van der Waals surface area contributed by atoms with Crippen molar-refractivity contribution >= 4 is 11.7 Å². The lowest BCUT2D eigenvalue weighted by molar-refractivity contribution is 0.0319. The molecule has 0 heterocycles. The zero-order valence-corrected chi connectivity index (χ0v) is 11.3. The molecule has 0 aliphatic carbocycles. The predicted molar refractivity (Wildman–Crippen MR) is 74.5 cm³/mol. The third kappa shape index (κ3) is 5.21. The van der Waals surface area contributed by atoms with E-state index in [1.807, 2.05) is 6.92 Å². The molecule has 100 valence electrons. The zero-order chi connectivity index (χ0) is 13.4. The van der Waals surface area contributed by atoms with Crippen LogP contribution in [0.3, 0.4) is 0 Å². The number of benzene rings is 1. The molecule has 2 N–H and O–H groups in total. The van der Waals surface area contributed by atoms with E-state index in [1.165, 1.54) is 19.3 Å². The molecule has 0 unspecified atom stereocenters. The van der Waals surface area contributed by atoms with Gasteiger partial charge in [-0.15, -0.1) is 0 Å². The minimum Gasteiger partial charge on any atom is -0.459 e. The average molecular weight is 249 g/mol. The number of carbonyl (C=O) groups excluding carboxylic acids is 1. The molecule has 0 amide bonds. The van der Waals surface area contributed by atoms with E-state index >= 15 is 0 Å². The first-order valence-corrected chi connectivity index (χ1v) is 6.70. The highest BCUT2D eigenvalue weighted by atomic mass is 16.5. The van der Waals surface area contributed by atoms with Gasteiger partial charge in [-0.3, -0.25) is 0 Å². The standard InChI is InChI=1S/C15H23NO2/c1-3-4-5-6-7-12(2)18-15(17)13-8-10-14(16)11-9-13/h8-12H,3-7,16H2,1-2H3/t12-/m0/s1.